The van der Waals surface area contributed by atoms with Gasteiger partial charge in [0, 0.05) is 18.2 Å². The number of halogens is 3. The van der Waals surface area contributed by atoms with E-state index < -0.39 is 23.8 Å². The van der Waals surface area contributed by atoms with Crippen LogP contribution in [0.15, 0.2) is 78.4 Å². The first kappa shape index (κ1) is 26.0. The molecule has 0 fully saturated rings. The minimum Gasteiger partial charge on any atom is -0.478 e. The summed E-state index contributed by atoms with van der Waals surface area (Å²) < 4.78 is 43.4. The molecule has 0 saturated heterocycles. The first-order valence-corrected chi connectivity index (χ1v) is 11.2. The fraction of sp³-hybridized carbons (Fsp3) is 0.250. The number of nitrogens with one attached hydrogen (secondary N) is 1. The Labute approximate surface area is 203 Å². The summed E-state index contributed by atoms with van der Waals surface area (Å²) in [6, 6.07) is 24.7. The number of benzene rings is 3. The van der Waals surface area contributed by atoms with Crippen LogP contribution >= 0.6 is 0 Å². The van der Waals surface area contributed by atoms with Gasteiger partial charge in [-0.25, -0.2) is 4.79 Å². The molecule has 4 nitrogen and oxygen atoms in total. The summed E-state index contributed by atoms with van der Waals surface area (Å²) in [6.07, 6.45) is -6.17. The van der Waals surface area contributed by atoms with Crippen LogP contribution in [0.4, 0.5) is 13.2 Å². The van der Waals surface area contributed by atoms with Gasteiger partial charge in [-0.3, -0.25) is 0 Å². The van der Waals surface area contributed by atoms with Gasteiger partial charge in [-0.1, -0.05) is 72.3 Å². The van der Waals surface area contributed by atoms with Crippen molar-refractivity contribution in [2.24, 2.45) is 0 Å². The SMILES string of the molecule is C[C@@H](NCc1ccccc1)c1ccccc1.Cc1cc(C)c2c(c1)C=C(C(=O)O)[C@@H](C(F)(F)F)O2. The van der Waals surface area contributed by atoms with Gasteiger partial charge < -0.3 is 15.2 Å². The van der Waals surface area contributed by atoms with E-state index in [0.717, 1.165) is 18.2 Å². The highest BCUT2D eigenvalue weighted by molar-refractivity contribution is 5.95. The highest BCUT2D eigenvalue weighted by atomic mass is 19.4. The van der Waals surface area contributed by atoms with Crippen LogP contribution in [-0.2, 0) is 11.3 Å². The van der Waals surface area contributed by atoms with Crippen LogP contribution in [0.2, 0.25) is 0 Å². The largest absolute Gasteiger partial charge is 0.478 e. The molecule has 3 aromatic carbocycles. The summed E-state index contributed by atoms with van der Waals surface area (Å²) in [5.74, 6) is -1.55. The second kappa shape index (κ2) is 11.2. The van der Waals surface area contributed by atoms with Gasteiger partial charge in [-0.2, -0.15) is 13.2 Å². The van der Waals surface area contributed by atoms with Gasteiger partial charge in [-0.05, 0) is 49.6 Å². The van der Waals surface area contributed by atoms with E-state index in [-0.39, 0.29) is 5.75 Å². The molecule has 0 spiro atoms. The summed E-state index contributed by atoms with van der Waals surface area (Å²) in [5, 5.41) is 12.4. The molecule has 0 aliphatic carbocycles. The Morgan fingerprint density at radius 1 is 1.03 bits per heavy atom. The van der Waals surface area contributed by atoms with Crippen LogP contribution in [0.25, 0.3) is 6.08 Å². The Morgan fingerprint density at radius 2 is 1.63 bits per heavy atom. The van der Waals surface area contributed by atoms with Crippen molar-refractivity contribution in [3.8, 4) is 5.75 Å². The number of aryl methyl sites for hydroxylation is 2. The lowest BCUT2D eigenvalue weighted by atomic mass is 9.97. The molecule has 2 atom stereocenters. The van der Waals surface area contributed by atoms with Crippen molar-refractivity contribution in [3.63, 3.8) is 0 Å². The van der Waals surface area contributed by atoms with E-state index in [1.807, 2.05) is 12.1 Å². The van der Waals surface area contributed by atoms with Crippen LogP contribution in [0, 0.1) is 13.8 Å². The van der Waals surface area contributed by atoms with Crippen molar-refractivity contribution in [3.05, 3.63) is 106 Å². The summed E-state index contributed by atoms with van der Waals surface area (Å²) in [7, 11) is 0. The molecule has 0 amide bonds. The number of fused-ring (bicyclic) bond motifs is 1. The van der Waals surface area contributed by atoms with E-state index in [2.05, 4.69) is 60.8 Å². The molecule has 7 heteroatoms. The number of hydrogen-bond acceptors (Lipinski definition) is 3. The van der Waals surface area contributed by atoms with Crippen LogP contribution < -0.4 is 10.1 Å². The zero-order valence-electron chi connectivity index (χ0n) is 19.8. The van der Waals surface area contributed by atoms with Gasteiger partial charge in [0.05, 0.1) is 5.57 Å². The van der Waals surface area contributed by atoms with Gasteiger partial charge in [0.2, 0.25) is 6.10 Å². The zero-order valence-corrected chi connectivity index (χ0v) is 19.8. The van der Waals surface area contributed by atoms with Gasteiger partial charge in [0.15, 0.2) is 0 Å². The molecule has 2 N–H and O–H groups in total. The van der Waals surface area contributed by atoms with Crippen LogP contribution in [0.5, 0.6) is 5.75 Å². The Hall–Kier alpha value is -3.58. The molecule has 0 aromatic heterocycles. The lowest BCUT2D eigenvalue weighted by molar-refractivity contribution is -0.187. The molecule has 35 heavy (non-hydrogen) atoms. The Balaban J connectivity index is 0.000000198. The molecule has 1 heterocycles. The monoisotopic (exact) mass is 483 g/mol. The third-order valence-electron chi connectivity index (χ3n) is 5.58. The minimum atomic E-state index is -4.76. The Bertz CT molecular complexity index is 1180. The molecule has 3 aromatic rings. The number of carbonyl (C=O) groups is 1. The van der Waals surface area contributed by atoms with Crippen LogP contribution in [-0.4, -0.2) is 23.4 Å². The van der Waals surface area contributed by atoms with Crippen molar-refractivity contribution >= 4 is 12.0 Å². The predicted molar refractivity (Wildman–Crippen MR) is 130 cm³/mol. The number of hydrogen-bond donors (Lipinski definition) is 2. The van der Waals surface area contributed by atoms with E-state index in [4.69, 9.17) is 9.84 Å². The number of ether oxygens (including phenoxy) is 1. The number of rotatable bonds is 5. The standard InChI is InChI=1S/C15H17N.C13H11F3O3/c1-13(15-10-6-3-7-11-15)16-12-14-8-4-2-5-9-14;1-6-3-7(2)10-8(4-6)5-9(12(17)18)11(19-10)13(14,15)16/h2-11,13,16H,12H2,1H3;3-5,11H,1-2H3,(H,17,18)/t13-;11-/m10/s1. The van der Waals surface area contributed by atoms with Crippen molar-refractivity contribution in [1.82, 2.24) is 5.32 Å². The van der Waals surface area contributed by atoms with Gasteiger partial charge in [-0.15, -0.1) is 0 Å². The molecular weight excluding hydrogens is 455 g/mol. The van der Waals surface area contributed by atoms with Gasteiger partial charge in [0.1, 0.15) is 5.75 Å². The smallest absolute Gasteiger partial charge is 0.430 e. The first-order chi connectivity index (χ1) is 16.6. The number of carboxylic acid groups (broad SMARTS) is 1. The van der Waals surface area contributed by atoms with Crippen molar-refractivity contribution in [2.45, 2.75) is 45.6 Å². The number of alkyl halides is 3. The third-order valence-corrected chi connectivity index (χ3v) is 5.58. The second-order valence-corrected chi connectivity index (χ2v) is 8.44. The summed E-state index contributed by atoms with van der Waals surface area (Å²) in [5.41, 5.74) is 3.58. The lowest BCUT2D eigenvalue weighted by Crippen LogP contribution is -2.40. The first-order valence-electron chi connectivity index (χ1n) is 11.2. The maximum absolute atomic E-state index is 12.8. The topological polar surface area (TPSA) is 58.6 Å². The van der Waals surface area contributed by atoms with E-state index in [0.29, 0.717) is 17.2 Å². The molecule has 1 aliphatic heterocycles. The zero-order chi connectivity index (χ0) is 25.6. The molecular formula is C28H28F3NO3. The fourth-order valence-corrected chi connectivity index (χ4v) is 3.82. The van der Waals surface area contributed by atoms with Crippen molar-refractivity contribution in [2.75, 3.05) is 0 Å². The van der Waals surface area contributed by atoms with E-state index >= 15 is 0 Å². The molecule has 184 valence electrons. The van der Waals surface area contributed by atoms with E-state index in [1.54, 1.807) is 26.0 Å². The summed E-state index contributed by atoms with van der Waals surface area (Å²) >= 11 is 0. The normalized spacial score (nSPS) is 15.6. The average molecular weight is 484 g/mol. The quantitative estimate of drug-likeness (QED) is 0.428. The third kappa shape index (κ3) is 6.96. The van der Waals surface area contributed by atoms with Crippen molar-refractivity contribution < 1.29 is 27.8 Å². The molecule has 4 rings (SSSR count). The summed E-state index contributed by atoms with van der Waals surface area (Å²) in [6.45, 7) is 6.51. The van der Waals surface area contributed by atoms with Gasteiger partial charge >= 0.3 is 12.1 Å². The maximum atomic E-state index is 12.8. The maximum Gasteiger partial charge on any atom is 0.430 e. The van der Waals surface area contributed by atoms with Gasteiger partial charge in [0.25, 0.3) is 0 Å². The Kier molecular flexibility index (Phi) is 8.35. The molecule has 0 saturated carbocycles. The predicted octanol–water partition coefficient (Wildman–Crippen LogP) is 6.63. The number of aliphatic carboxylic acids is 1. The number of carboxylic acids is 1. The molecule has 1 aliphatic rings. The Morgan fingerprint density at radius 3 is 2.20 bits per heavy atom. The molecule has 0 unspecified atom stereocenters. The van der Waals surface area contributed by atoms with Crippen molar-refractivity contribution in [1.29, 1.82) is 0 Å². The summed E-state index contributed by atoms with van der Waals surface area (Å²) in [4.78, 5) is 10.9. The van der Waals surface area contributed by atoms with Crippen LogP contribution in [0.1, 0.15) is 40.8 Å². The fourth-order valence-electron chi connectivity index (χ4n) is 3.82. The average Bonchev–Trinajstić information content (AvgIpc) is 2.82. The van der Waals surface area contributed by atoms with Crippen LogP contribution in [0.3, 0.4) is 0 Å². The second-order valence-electron chi connectivity index (χ2n) is 8.44. The van der Waals surface area contributed by atoms with E-state index in [9.17, 15) is 18.0 Å². The lowest BCUT2D eigenvalue weighted by Gasteiger charge is -2.28. The highest BCUT2D eigenvalue weighted by Gasteiger charge is 2.48. The molecule has 0 bridgehead atoms. The highest BCUT2D eigenvalue weighted by Crippen LogP contribution is 2.39. The minimum absolute atomic E-state index is 0.0814. The van der Waals surface area contributed by atoms with E-state index in [1.165, 1.54) is 11.1 Å². The molecule has 0 radical (unpaired) electrons.